The molecule has 0 radical (unpaired) electrons. The highest BCUT2D eigenvalue weighted by Crippen LogP contribution is 2.42. The molecule has 1 aliphatic rings. The Balaban J connectivity index is 0.880. The number of methoxy groups -OCH3 is 2. The summed E-state index contributed by atoms with van der Waals surface area (Å²) in [6.45, 7) is 9.79. The number of ether oxygens (including phenoxy) is 3. The van der Waals surface area contributed by atoms with E-state index in [0.29, 0.717) is 76.8 Å². The van der Waals surface area contributed by atoms with Crippen molar-refractivity contribution >= 4 is 68.4 Å². The molecular formula is C50H49ClN10O8S. The minimum absolute atomic E-state index is 0.0601. The monoisotopic (exact) mass is 984 g/mol. The number of thiophene rings is 1. The second-order valence-electron chi connectivity index (χ2n) is 16.8. The molecule has 20 heteroatoms. The summed E-state index contributed by atoms with van der Waals surface area (Å²) >= 11 is 7.53. The molecule has 2 amide bonds. The molecule has 360 valence electrons. The third kappa shape index (κ3) is 8.86. The van der Waals surface area contributed by atoms with Crippen LogP contribution < -0.4 is 21.1 Å². The number of carbonyl (C=O) groups is 3. The number of fused-ring (bicyclic) bond motifs is 6. The van der Waals surface area contributed by atoms with Gasteiger partial charge in [0.15, 0.2) is 5.82 Å². The van der Waals surface area contributed by atoms with Gasteiger partial charge in [0, 0.05) is 51.9 Å². The fourth-order valence-corrected chi connectivity index (χ4v) is 10.3. The third-order valence-corrected chi connectivity index (χ3v) is 13.9. The van der Waals surface area contributed by atoms with Gasteiger partial charge in [-0.1, -0.05) is 29.8 Å². The first-order chi connectivity index (χ1) is 33.8. The van der Waals surface area contributed by atoms with Crippen LogP contribution in [0.2, 0.25) is 5.02 Å². The molecule has 0 fully saturated rings. The molecule has 1 aliphatic heterocycles. The number of halogens is 1. The number of pyridine rings is 2. The zero-order valence-corrected chi connectivity index (χ0v) is 41.0. The van der Waals surface area contributed by atoms with E-state index >= 15 is 0 Å². The number of carbonyl (C=O) groups excluding carboxylic acids is 3. The SMILES string of the molecule is COC(=O)CC1N=C(c2ccc(Cl)cc2)c2c(sc(C(=O)NCCOCCNC(=O)Cn3c(=O)n(C(C)c4ccccn4)c4c5cc(OC)c(-c6c(C)coc6C)cc5ncc43)c2C)-n2c(C)nnc21. The summed E-state index contributed by atoms with van der Waals surface area (Å²) in [5.41, 5.74) is 7.35. The van der Waals surface area contributed by atoms with Gasteiger partial charge < -0.3 is 29.3 Å². The quantitative estimate of drug-likeness (QED) is 0.0729. The standard InChI is InChI=1S/C50H49ClN10O8S/c1-26-25-69-29(4)42(26)34-20-36-33(21-39(34)66-6)45-38(23-55-36)59(50(65)60(45)28(3)35-10-8-9-15-52-35)24-40(62)53-16-18-68-19-17-54-48(64)46-27(2)43-44(31-11-13-32(51)14-12-31)56-37(22-41(63)67-7)47-58-57-30(5)61(47)49(43)70-46/h8-15,20-21,23,25,28,37H,16-19,22,24H2,1-7H3,(H,53,62)(H,54,64). The molecule has 2 N–H and O–H groups in total. The number of aryl methyl sites for hydroxylation is 3. The number of nitrogens with one attached hydrogen (secondary N) is 2. The van der Waals surface area contributed by atoms with Crippen molar-refractivity contribution in [1.29, 1.82) is 0 Å². The number of benzene rings is 2. The number of aliphatic imine (C=N–C) groups is 1. The molecule has 18 nitrogen and oxygen atoms in total. The Labute approximate surface area is 410 Å². The Kier molecular flexibility index (Phi) is 13.5. The first kappa shape index (κ1) is 47.6. The number of hydrogen-bond donors (Lipinski definition) is 2. The van der Waals surface area contributed by atoms with Gasteiger partial charge in [-0.2, -0.15) is 0 Å². The average Bonchev–Trinajstić information content (AvgIpc) is 4.07. The van der Waals surface area contributed by atoms with Crippen LogP contribution in [-0.2, 0) is 25.6 Å². The van der Waals surface area contributed by atoms with Gasteiger partial charge >= 0.3 is 11.7 Å². The summed E-state index contributed by atoms with van der Waals surface area (Å²) in [5, 5.41) is 16.4. The van der Waals surface area contributed by atoms with Crippen molar-refractivity contribution in [1.82, 2.24) is 44.5 Å². The molecule has 0 spiro atoms. The Bertz CT molecular complexity index is 3390. The van der Waals surface area contributed by atoms with Crippen molar-refractivity contribution in [3.05, 3.63) is 139 Å². The van der Waals surface area contributed by atoms with E-state index in [4.69, 9.17) is 40.2 Å². The van der Waals surface area contributed by atoms with Crippen LogP contribution in [-0.4, -0.2) is 97.9 Å². The predicted molar refractivity (Wildman–Crippen MR) is 265 cm³/mol. The van der Waals surface area contributed by atoms with Crippen LogP contribution in [0, 0.1) is 27.7 Å². The molecule has 8 aromatic rings. The Hall–Kier alpha value is -7.48. The minimum atomic E-state index is -0.700. The number of furan rings is 1. The summed E-state index contributed by atoms with van der Waals surface area (Å²) in [6.07, 6.45) is 4.94. The van der Waals surface area contributed by atoms with Crippen molar-refractivity contribution in [3.8, 4) is 21.9 Å². The maximum atomic E-state index is 14.4. The maximum Gasteiger partial charge on any atom is 0.330 e. The first-order valence-corrected chi connectivity index (χ1v) is 23.7. The molecule has 2 atom stereocenters. The summed E-state index contributed by atoms with van der Waals surface area (Å²) in [5.74, 6) is 1.17. The molecule has 0 saturated carbocycles. The van der Waals surface area contributed by atoms with E-state index in [-0.39, 0.29) is 45.2 Å². The summed E-state index contributed by atoms with van der Waals surface area (Å²) in [6, 6.07) is 15.3. The summed E-state index contributed by atoms with van der Waals surface area (Å²) in [7, 11) is 2.92. The first-order valence-electron chi connectivity index (χ1n) is 22.5. The van der Waals surface area contributed by atoms with Crippen LogP contribution >= 0.6 is 22.9 Å². The summed E-state index contributed by atoms with van der Waals surface area (Å²) < 4.78 is 27.3. The molecule has 0 aliphatic carbocycles. The highest BCUT2D eigenvalue weighted by atomic mass is 35.5. The topological polar surface area (TPSA) is 212 Å². The highest BCUT2D eigenvalue weighted by molar-refractivity contribution is 7.17. The van der Waals surface area contributed by atoms with E-state index in [9.17, 15) is 19.2 Å². The Morgan fingerprint density at radius 3 is 2.43 bits per heavy atom. The molecule has 2 aromatic carbocycles. The van der Waals surface area contributed by atoms with Gasteiger partial charge in [-0.3, -0.25) is 43.0 Å². The number of nitrogens with zero attached hydrogens (tertiary/aromatic N) is 8. The van der Waals surface area contributed by atoms with E-state index in [1.165, 1.54) is 23.0 Å². The molecular weight excluding hydrogens is 936 g/mol. The van der Waals surface area contributed by atoms with Gasteiger partial charge in [0.2, 0.25) is 5.91 Å². The van der Waals surface area contributed by atoms with Crippen LogP contribution in [0.4, 0.5) is 0 Å². The number of esters is 1. The zero-order chi connectivity index (χ0) is 49.4. The molecule has 0 bridgehead atoms. The summed E-state index contributed by atoms with van der Waals surface area (Å²) in [4.78, 5) is 69.2. The largest absolute Gasteiger partial charge is 0.496 e. The number of amides is 2. The number of aromatic nitrogens is 7. The van der Waals surface area contributed by atoms with Crippen LogP contribution in [0.25, 0.3) is 38.1 Å². The van der Waals surface area contributed by atoms with Crippen molar-refractivity contribution < 1.29 is 33.0 Å². The molecule has 0 saturated heterocycles. The fraction of sp³-hybridized carbons (Fsp3) is 0.300. The fourth-order valence-electron chi connectivity index (χ4n) is 8.94. The van der Waals surface area contributed by atoms with Crippen LogP contribution in [0.5, 0.6) is 5.75 Å². The van der Waals surface area contributed by atoms with Crippen LogP contribution in [0.1, 0.15) is 80.5 Å². The Morgan fingerprint density at radius 2 is 1.73 bits per heavy atom. The molecule has 9 rings (SSSR count). The van der Waals surface area contributed by atoms with Crippen molar-refractivity contribution in [3.63, 3.8) is 0 Å². The Morgan fingerprint density at radius 1 is 0.957 bits per heavy atom. The van der Waals surface area contributed by atoms with Gasteiger partial charge in [0.05, 0.1) is 85.2 Å². The normalized spacial score (nSPS) is 13.7. The third-order valence-electron chi connectivity index (χ3n) is 12.4. The zero-order valence-electron chi connectivity index (χ0n) is 39.5. The second-order valence-corrected chi connectivity index (χ2v) is 18.2. The maximum absolute atomic E-state index is 14.4. The predicted octanol–water partition coefficient (Wildman–Crippen LogP) is 7.17. The van der Waals surface area contributed by atoms with Gasteiger partial charge in [0.1, 0.15) is 34.9 Å². The number of imidazole rings is 1. The van der Waals surface area contributed by atoms with Gasteiger partial charge in [-0.15, -0.1) is 21.5 Å². The lowest BCUT2D eigenvalue weighted by atomic mass is 9.99. The van der Waals surface area contributed by atoms with E-state index in [1.807, 2.05) is 74.7 Å². The van der Waals surface area contributed by atoms with Crippen LogP contribution in [0.3, 0.4) is 0 Å². The van der Waals surface area contributed by atoms with E-state index < -0.39 is 29.6 Å². The molecule has 70 heavy (non-hydrogen) atoms. The lowest BCUT2D eigenvalue weighted by molar-refractivity contribution is -0.141. The van der Waals surface area contributed by atoms with Crippen molar-refractivity contribution in [2.75, 3.05) is 40.5 Å². The number of rotatable bonds is 16. The molecule has 2 unspecified atom stereocenters. The average molecular weight is 986 g/mol. The van der Waals surface area contributed by atoms with Crippen LogP contribution in [0.15, 0.2) is 87.5 Å². The van der Waals surface area contributed by atoms with Crippen molar-refractivity contribution in [2.45, 2.75) is 59.7 Å². The molecule has 6 aromatic heterocycles. The van der Waals surface area contributed by atoms with Gasteiger partial charge in [0.25, 0.3) is 5.91 Å². The molecule has 7 heterocycles. The smallest absolute Gasteiger partial charge is 0.330 e. The lowest BCUT2D eigenvalue weighted by Crippen LogP contribution is -2.35. The second kappa shape index (κ2) is 19.9. The van der Waals surface area contributed by atoms with E-state index in [1.54, 1.807) is 49.4 Å². The minimum Gasteiger partial charge on any atom is -0.496 e. The van der Waals surface area contributed by atoms with Gasteiger partial charge in [-0.25, -0.2) is 4.79 Å². The highest BCUT2D eigenvalue weighted by Gasteiger charge is 2.34. The lowest BCUT2D eigenvalue weighted by Gasteiger charge is -2.15. The van der Waals surface area contributed by atoms with E-state index in [0.717, 1.165) is 28.0 Å². The van der Waals surface area contributed by atoms with Crippen molar-refractivity contribution in [2.24, 2.45) is 4.99 Å². The van der Waals surface area contributed by atoms with E-state index in [2.05, 4.69) is 25.8 Å². The van der Waals surface area contributed by atoms with Gasteiger partial charge in [-0.05, 0) is 82.1 Å². The number of hydrogen-bond acceptors (Lipinski definition) is 14.